The van der Waals surface area contributed by atoms with Crippen molar-refractivity contribution >= 4 is 17.6 Å². The third kappa shape index (κ3) is 5.30. The van der Waals surface area contributed by atoms with Crippen LogP contribution in [0, 0.1) is 17.5 Å². The number of fused-ring (bicyclic) bond motifs is 1. The second-order valence-corrected chi connectivity index (χ2v) is 7.71. The molecule has 1 aromatic heterocycles. The molecule has 0 fully saturated rings. The number of aliphatic imine (C=N–C) groups is 1. The lowest BCUT2D eigenvalue weighted by Crippen LogP contribution is -2.40. The largest absolute Gasteiger partial charge is 0.367 e. The first kappa shape index (κ1) is 23.9. The van der Waals surface area contributed by atoms with Crippen LogP contribution < -0.4 is 16.2 Å². The van der Waals surface area contributed by atoms with E-state index in [-0.39, 0.29) is 24.3 Å². The van der Waals surface area contributed by atoms with Gasteiger partial charge >= 0.3 is 6.03 Å². The van der Waals surface area contributed by atoms with E-state index in [1.807, 2.05) is 0 Å². The number of nitrogens with one attached hydrogen (secondary N) is 2. The van der Waals surface area contributed by atoms with Crippen LogP contribution in [0.4, 0.5) is 18.0 Å². The molecule has 2 aliphatic rings. The fourth-order valence-electron chi connectivity index (χ4n) is 3.50. The van der Waals surface area contributed by atoms with E-state index in [9.17, 15) is 27.6 Å². The number of urea groups is 1. The van der Waals surface area contributed by atoms with Gasteiger partial charge in [0.15, 0.2) is 17.5 Å². The normalized spacial score (nSPS) is 17.2. The smallest absolute Gasteiger partial charge is 0.346 e. The Hall–Kier alpha value is -4.25. The van der Waals surface area contributed by atoms with Crippen LogP contribution in [0.15, 0.2) is 76.8 Å². The molecule has 180 valence electrons. The number of carbonyl (C=O) groups excluding carboxylic acids is 2. The second kappa shape index (κ2) is 9.94. The van der Waals surface area contributed by atoms with Crippen LogP contribution >= 0.6 is 0 Å². The monoisotopic (exact) mass is 484 g/mol. The Morgan fingerprint density at radius 1 is 1.29 bits per heavy atom. The van der Waals surface area contributed by atoms with Gasteiger partial charge in [-0.2, -0.15) is 4.99 Å². The van der Waals surface area contributed by atoms with Crippen molar-refractivity contribution in [1.82, 2.24) is 15.2 Å². The van der Waals surface area contributed by atoms with Gasteiger partial charge in [-0.05, 0) is 48.1 Å². The summed E-state index contributed by atoms with van der Waals surface area (Å²) in [5, 5.41) is 5.21. The van der Waals surface area contributed by atoms with Crippen molar-refractivity contribution in [1.29, 1.82) is 0 Å². The van der Waals surface area contributed by atoms with Crippen LogP contribution in [0.1, 0.15) is 15.9 Å². The zero-order chi connectivity index (χ0) is 25.1. The molecule has 2 N–H and O–H groups in total. The quantitative estimate of drug-likeness (QED) is 0.444. The van der Waals surface area contributed by atoms with Crippen LogP contribution in [0.2, 0.25) is 0 Å². The Morgan fingerprint density at radius 3 is 2.74 bits per heavy atom. The van der Waals surface area contributed by atoms with E-state index in [2.05, 4.69) is 22.2 Å². The zero-order valence-electron chi connectivity index (χ0n) is 18.1. The van der Waals surface area contributed by atoms with Gasteiger partial charge in [0.05, 0.1) is 36.7 Å². The number of hydrogen-bond acceptors (Lipinski definition) is 4. The van der Waals surface area contributed by atoms with Crippen molar-refractivity contribution in [2.45, 2.75) is 18.7 Å². The van der Waals surface area contributed by atoms with Gasteiger partial charge in [-0.25, -0.2) is 18.0 Å². The summed E-state index contributed by atoms with van der Waals surface area (Å²) < 4.78 is 47.0. The molecule has 11 heteroatoms. The van der Waals surface area contributed by atoms with Crippen molar-refractivity contribution in [2.75, 3.05) is 6.61 Å². The van der Waals surface area contributed by atoms with Crippen molar-refractivity contribution in [2.24, 2.45) is 4.99 Å². The average molecular weight is 484 g/mol. The van der Waals surface area contributed by atoms with Crippen molar-refractivity contribution in [3.8, 4) is 0 Å². The summed E-state index contributed by atoms with van der Waals surface area (Å²) in [7, 11) is 0. The summed E-state index contributed by atoms with van der Waals surface area (Å²) in [5.74, 6) is -5.06. The van der Waals surface area contributed by atoms with Gasteiger partial charge in [-0.15, -0.1) is 6.58 Å². The van der Waals surface area contributed by atoms with E-state index in [0.717, 1.165) is 16.7 Å². The number of hydrogen-bond donors (Lipinski definition) is 2. The van der Waals surface area contributed by atoms with Crippen LogP contribution in [-0.4, -0.2) is 41.0 Å². The molecule has 0 radical (unpaired) electrons. The average Bonchev–Trinajstić information content (AvgIpc) is 3.20. The Labute approximate surface area is 197 Å². The summed E-state index contributed by atoms with van der Waals surface area (Å²) in [4.78, 5) is 40.6. The van der Waals surface area contributed by atoms with Gasteiger partial charge in [0.25, 0.3) is 11.5 Å². The van der Waals surface area contributed by atoms with E-state index in [4.69, 9.17) is 4.74 Å². The van der Waals surface area contributed by atoms with Crippen LogP contribution in [0.5, 0.6) is 0 Å². The minimum atomic E-state index is -1.60. The Bertz CT molecular complexity index is 1340. The van der Waals surface area contributed by atoms with Gasteiger partial charge in [-0.1, -0.05) is 6.08 Å². The number of nitrogens with zero attached hydrogens (tertiary/aromatic N) is 2. The van der Waals surface area contributed by atoms with E-state index in [1.54, 1.807) is 18.2 Å². The van der Waals surface area contributed by atoms with Crippen LogP contribution in [0.3, 0.4) is 0 Å². The van der Waals surface area contributed by atoms with E-state index in [0.29, 0.717) is 11.4 Å². The molecule has 1 aliphatic heterocycles. The maximum atomic E-state index is 13.5. The number of allylic oxidation sites excluding steroid dienone is 1. The topological polar surface area (TPSA) is 102 Å². The third-order valence-electron chi connectivity index (χ3n) is 5.24. The first-order valence-electron chi connectivity index (χ1n) is 10.4. The molecule has 0 spiro atoms. The number of ether oxygens (including phenoxy) is 1. The lowest BCUT2D eigenvalue weighted by molar-refractivity contribution is 0.0830. The lowest BCUT2D eigenvalue weighted by Gasteiger charge is -2.19. The Morgan fingerprint density at radius 2 is 2.03 bits per heavy atom. The Balaban J connectivity index is 1.41. The molecular formula is C24H19F3N4O4. The van der Waals surface area contributed by atoms with Gasteiger partial charge in [0, 0.05) is 6.20 Å². The van der Waals surface area contributed by atoms with Gasteiger partial charge in [0.1, 0.15) is 5.56 Å². The summed E-state index contributed by atoms with van der Waals surface area (Å²) in [6, 6.07) is 3.18. The molecule has 35 heavy (non-hydrogen) atoms. The highest BCUT2D eigenvalue weighted by Gasteiger charge is 2.23. The number of halogens is 3. The number of pyridine rings is 1. The zero-order valence-corrected chi connectivity index (χ0v) is 18.1. The fraction of sp³-hybridized carbons (Fsp3) is 0.167. The van der Waals surface area contributed by atoms with E-state index >= 15 is 0 Å². The molecule has 0 bridgehead atoms. The van der Waals surface area contributed by atoms with Crippen molar-refractivity contribution in [3.05, 3.63) is 106 Å². The molecule has 8 nitrogen and oxygen atoms in total. The molecule has 1 aromatic carbocycles. The fourth-order valence-corrected chi connectivity index (χ4v) is 3.50. The minimum Gasteiger partial charge on any atom is -0.367 e. The molecule has 0 saturated carbocycles. The van der Waals surface area contributed by atoms with Crippen LogP contribution in [0.25, 0.3) is 0 Å². The highest BCUT2D eigenvalue weighted by atomic mass is 19.2. The molecule has 4 rings (SSSR count). The predicted octanol–water partition coefficient (Wildman–Crippen LogP) is 2.60. The standard InChI is InChI=1S/C24H19F3N4O4/c1-2-14(12-35-15-5-6-19-20(10-15)30-24(34)29-19)28-22(32)16-4-3-7-31(23(16)33)11-13-8-17(25)21(27)18(26)9-13/h2-10,14-15H,1,11-12H2,(H,28,32)(H,30,34)/t14-,15?/m1/s1. The molecule has 3 amide bonds. The summed E-state index contributed by atoms with van der Waals surface area (Å²) in [6.07, 6.45) is 7.31. The third-order valence-corrected chi connectivity index (χ3v) is 5.24. The van der Waals surface area contributed by atoms with E-state index < -0.39 is 47.1 Å². The van der Waals surface area contributed by atoms with E-state index in [1.165, 1.54) is 24.4 Å². The lowest BCUT2D eigenvalue weighted by atomic mass is 10.1. The predicted molar refractivity (Wildman–Crippen MR) is 121 cm³/mol. The molecule has 1 unspecified atom stereocenters. The minimum absolute atomic E-state index is 0.0136. The first-order valence-corrected chi connectivity index (χ1v) is 10.4. The van der Waals surface area contributed by atoms with Crippen molar-refractivity contribution in [3.63, 3.8) is 0 Å². The highest BCUT2D eigenvalue weighted by molar-refractivity contribution is 6.19. The maximum absolute atomic E-state index is 13.5. The molecule has 2 atom stereocenters. The highest BCUT2D eigenvalue weighted by Crippen LogP contribution is 2.16. The number of benzene rings is 1. The molecule has 0 saturated heterocycles. The van der Waals surface area contributed by atoms with Crippen LogP contribution in [-0.2, 0) is 11.3 Å². The number of rotatable bonds is 8. The molecular weight excluding hydrogens is 465 g/mol. The SMILES string of the molecule is C=C[C@H](COC1C=CC2=NC(=O)NC2=C1)NC(=O)c1cccn(Cc2cc(F)c(F)c(F)c2)c1=O. The Kier molecular flexibility index (Phi) is 6.78. The first-order chi connectivity index (χ1) is 16.7. The summed E-state index contributed by atoms with van der Waals surface area (Å²) >= 11 is 0. The second-order valence-electron chi connectivity index (χ2n) is 7.71. The number of amides is 3. The van der Waals surface area contributed by atoms with Crippen molar-refractivity contribution < 1.29 is 27.5 Å². The molecule has 2 aromatic rings. The van der Waals surface area contributed by atoms with Gasteiger partial charge in [0.2, 0.25) is 0 Å². The molecule has 2 heterocycles. The maximum Gasteiger partial charge on any atom is 0.346 e. The number of aromatic nitrogens is 1. The summed E-state index contributed by atoms with van der Waals surface area (Å²) in [5.41, 5.74) is 0.140. The van der Waals surface area contributed by atoms with Gasteiger partial charge < -0.3 is 19.9 Å². The van der Waals surface area contributed by atoms with Gasteiger partial charge in [-0.3, -0.25) is 9.59 Å². The summed E-state index contributed by atoms with van der Waals surface area (Å²) in [6.45, 7) is 3.41. The number of carbonyl (C=O) groups is 2. The molecule has 1 aliphatic carbocycles.